The van der Waals surface area contributed by atoms with Gasteiger partial charge in [-0.05, 0) is 88.8 Å². The van der Waals surface area contributed by atoms with Crippen molar-refractivity contribution in [1.29, 1.82) is 0 Å². The highest BCUT2D eigenvalue weighted by atomic mass is 19.1. The molecule has 0 radical (unpaired) electrons. The SMILES string of the molecule is CCCC1CCC(COc2ccc(C3CC(C)(C)N(O)C(C)(C)C3)cc2F)CC1. The molecular formula is C25H40FNO2. The van der Waals surface area contributed by atoms with Gasteiger partial charge in [-0.2, -0.15) is 5.06 Å². The van der Waals surface area contributed by atoms with Crippen molar-refractivity contribution in [3.63, 3.8) is 0 Å². The summed E-state index contributed by atoms with van der Waals surface area (Å²) in [6.45, 7) is 11.1. The first-order chi connectivity index (χ1) is 13.6. The predicted octanol–water partition coefficient (Wildman–Crippen LogP) is 6.94. The number of ether oxygens (including phenoxy) is 1. The zero-order valence-corrected chi connectivity index (χ0v) is 19.0. The van der Waals surface area contributed by atoms with Crippen LogP contribution in [0, 0.1) is 17.7 Å². The van der Waals surface area contributed by atoms with Crippen LogP contribution < -0.4 is 4.74 Å². The molecule has 29 heavy (non-hydrogen) atoms. The summed E-state index contributed by atoms with van der Waals surface area (Å²) >= 11 is 0. The largest absolute Gasteiger partial charge is 0.490 e. The Kier molecular flexibility index (Phi) is 6.95. The van der Waals surface area contributed by atoms with E-state index < -0.39 is 0 Å². The van der Waals surface area contributed by atoms with E-state index in [0.717, 1.165) is 24.3 Å². The fraction of sp³-hybridized carbons (Fsp3) is 0.760. The van der Waals surface area contributed by atoms with E-state index in [2.05, 4.69) is 6.92 Å². The monoisotopic (exact) mass is 405 g/mol. The molecule has 1 aromatic rings. The Morgan fingerprint density at radius 1 is 1.03 bits per heavy atom. The molecule has 0 aromatic heterocycles. The Balaban J connectivity index is 1.59. The van der Waals surface area contributed by atoms with Crippen molar-refractivity contribution in [1.82, 2.24) is 5.06 Å². The van der Waals surface area contributed by atoms with Crippen LogP contribution in [0.25, 0.3) is 0 Å². The molecule has 0 spiro atoms. The van der Waals surface area contributed by atoms with E-state index in [4.69, 9.17) is 4.74 Å². The molecule has 1 heterocycles. The molecule has 3 rings (SSSR count). The van der Waals surface area contributed by atoms with E-state index in [1.165, 1.54) is 43.6 Å². The zero-order valence-electron chi connectivity index (χ0n) is 19.0. The third-order valence-electron chi connectivity index (χ3n) is 7.20. The maximum atomic E-state index is 14.8. The first kappa shape index (κ1) is 22.6. The second kappa shape index (κ2) is 8.93. The van der Waals surface area contributed by atoms with Gasteiger partial charge in [0.25, 0.3) is 0 Å². The molecule has 3 nitrogen and oxygen atoms in total. The maximum absolute atomic E-state index is 14.8. The van der Waals surface area contributed by atoms with Gasteiger partial charge < -0.3 is 9.94 Å². The van der Waals surface area contributed by atoms with Gasteiger partial charge in [-0.3, -0.25) is 0 Å². The van der Waals surface area contributed by atoms with Crippen LogP contribution in [0.3, 0.4) is 0 Å². The highest BCUT2D eigenvalue weighted by Crippen LogP contribution is 2.45. The lowest BCUT2D eigenvalue weighted by Crippen LogP contribution is -2.58. The van der Waals surface area contributed by atoms with Gasteiger partial charge in [-0.25, -0.2) is 4.39 Å². The van der Waals surface area contributed by atoms with Gasteiger partial charge in [0, 0.05) is 11.1 Å². The Morgan fingerprint density at radius 2 is 1.62 bits per heavy atom. The van der Waals surface area contributed by atoms with Crippen LogP contribution in [0.15, 0.2) is 18.2 Å². The van der Waals surface area contributed by atoms with Gasteiger partial charge in [-0.15, -0.1) is 0 Å². The van der Waals surface area contributed by atoms with Crippen LogP contribution in [0.5, 0.6) is 5.75 Å². The van der Waals surface area contributed by atoms with E-state index in [1.807, 2.05) is 33.8 Å². The van der Waals surface area contributed by atoms with Crippen LogP contribution in [0.1, 0.15) is 97.5 Å². The number of hydrogen-bond donors (Lipinski definition) is 1. The second-order valence-electron chi connectivity index (χ2n) is 10.7. The molecule has 1 N–H and O–H groups in total. The van der Waals surface area contributed by atoms with Crippen molar-refractivity contribution in [3.05, 3.63) is 29.6 Å². The van der Waals surface area contributed by atoms with Crippen LogP contribution in [0.4, 0.5) is 4.39 Å². The van der Waals surface area contributed by atoms with E-state index >= 15 is 0 Å². The normalized spacial score (nSPS) is 27.7. The lowest BCUT2D eigenvalue weighted by Gasteiger charge is -2.51. The van der Waals surface area contributed by atoms with Gasteiger partial charge in [0.05, 0.1) is 6.61 Å². The zero-order chi connectivity index (χ0) is 21.2. The van der Waals surface area contributed by atoms with Gasteiger partial charge in [0.2, 0.25) is 0 Å². The van der Waals surface area contributed by atoms with Crippen LogP contribution >= 0.6 is 0 Å². The molecule has 1 saturated heterocycles. The topological polar surface area (TPSA) is 32.7 Å². The number of halogens is 1. The van der Waals surface area contributed by atoms with Crippen LogP contribution in [-0.4, -0.2) is 28.0 Å². The molecule has 1 aromatic carbocycles. The molecule has 0 atom stereocenters. The average Bonchev–Trinajstić information content (AvgIpc) is 2.66. The quantitative estimate of drug-likeness (QED) is 0.556. The molecule has 0 unspecified atom stereocenters. The summed E-state index contributed by atoms with van der Waals surface area (Å²) in [7, 11) is 0. The summed E-state index contributed by atoms with van der Waals surface area (Å²) in [5.74, 6) is 1.77. The fourth-order valence-corrected chi connectivity index (χ4v) is 5.70. The second-order valence-corrected chi connectivity index (χ2v) is 10.7. The van der Waals surface area contributed by atoms with E-state index in [0.29, 0.717) is 18.3 Å². The predicted molar refractivity (Wildman–Crippen MR) is 116 cm³/mol. The van der Waals surface area contributed by atoms with Gasteiger partial charge >= 0.3 is 0 Å². The molecule has 0 bridgehead atoms. The molecule has 164 valence electrons. The number of piperidine rings is 1. The van der Waals surface area contributed by atoms with Gasteiger partial charge in [0.1, 0.15) is 0 Å². The number of benzene rings is 1. The molecule has 2 fully saturated rings. The Morgan fingerprint density at radius 3 is 2.17 bits per heavy atom. The van der Waals surface area contributed by atoms with E-state index in [1.54, 1.807) is 12.1 Å². The molecule has 4 heteroatoms. The highest BCUT2D eigenvalue weighted by Gasteiger charge is 2.45. The van der Waals surface area contributed by atoms with Crippen molar-refractivity contribution in [3.8, 4) is 5.75 Å². The van der Waals surface area contributed by atoms with Crippen molar-refractivity contribution in [2.75, 3.05) is 6.61 Å². The minimum atomic E-state index is -0.339. The minimum absolute atomic E-state index is 0.223. The summed E-state index contributed by atoms with van der Waals surface area (Å²) < 4.78 is 20.7. The Hall–Kier alpha value is -1.13. The number of hydroxylamine groups is 2. The van der Waals surface area contributed by atoms with Gasteiger partial charge in [-0.1, -0.05) is 38.7 Å². The third kappa shape index (κ3) is 5.32. The molecule has 2 aliphatic rings. The van der Waals surface area contributed by atoms with Gasteiger partial charge in [0.15, 0.2) is 11.6 Å². The first-order valence-electron chi connectivity index (χ1n) is 11.5. The van der Waals surface area contributed by atoms with E-state index in [9.17, 15) is 9.60 Å². The summed E-state index contributed by atoms with van der Waals surface area (Å²) in [6, 6.07) is 5.47. The molecule has 0 amide bonds. The fourth-order valence-electron chi connectivity index (χ4n) is 5.70. The first-order valence-corrected chi connectivity index (χ1v) is 11.5. The number of rotatable bonds is 6. The van der Waals surface area contributed by atoms with Crippen molar-refractivity contribution >= 4 is 0 Å². The summed E-state index contributed by atoms with van der Waals surface area (Å²) in [4.78, 5) is 0. The van der Waals surface area contributed by atoms with Crippen molar-refractivity contribution in [2.24, 2.45) is 11.8 Å². The molecule has 1 aliphatic heterocycles. The van der Waals surface area contributed by atoms with Crippen LogP contribution in [-0.2, 0) is 0 Å². The maximum Gasteiger partial charge on any atom is 0.165 e. The molecule has 1 aliphatic carbocycles. The lowest BCUT2D eigenvalue weighted by molar-refractivity contribution is -0.245. The standard InChI is InChI=1S/C25H40FNO2/c1-6-7-18-8-10-19(11-9-18)17-29-23-13-12-20(14-22(23)26)21-15-24(2,3)27(28)25(4,5)16-21/h12-14,18-19,21,28H,6-11,15-17H2,1-5H3. The smallest absolute Gasteiger partial charge is 0.165 e. The lowest BCUT2D eigenvalue weighted by atomic mass is 9.73. The van der Waals surface area contributed by atoms with Crippen molar-refractivity contribution < 1.29 is 14.3 Å². The highest BCUT2D eigenvalue weighted by molar-refractivity contribution is 5.32. The number of nitrogens with zero attached hydrogens (tertiary/aromatic N) is 1. The Labute approximate surface area is 176 Å². The molecular weight excluding hydrogens is 365 g/mol. The summed E-state index contributed by atoms with van der Waals surface area (Å²) in [6.07, 6.45) is 9.20. The minimum Gasteiger partial charge on any atom is -0.490 e. The average molecular weight is 406 g/mol. The summed E-state index contributed by atoms with van der Waals surface area (Å²) in [5, 5.41) is 12.0. The summed E-state index contributed by atoms with van der Waals surface area (Å²) in [5.41, 5.74) is 0.327. The molecule has 1 saturated carbocycles. The van der Waals surface area contributed by atoms with Crippen molar-refractivity contribution in [2.45, 2.75) is 103 Å². The number of hydrogen-bond acceptors (Lipinski definition) is 3. The van der Waals surface area contributed by atoms with Crippen LogP contribution in [0.2, 0.25) is 0 Å². The third-order valence-corrected chi connectivity index (χ3v) is 7.20. The van der Waals surface area contributed by atoms with E-state index in [-0.39, 0.29) is 22.8 Å². The Bertz CT molecular complexity index is 661.